The van der Waals surface area contributed by atoms with E-state index in [9.17, 15) is 14.4 Å². The first-order chi connectivity index (χ1) is 14.4. The molecule has 0 unspecified atom stereocenters. The van der Waals surface area contributed by atoms with Gasteiger partial charge in [0.05, 0.1) is 6.61 Å². The highest BCUT2D eigenvalue weighted by molar-refractivity contribution is 14.0. The quantitative estimate of drug-likeness (QED) is 0.105. The zero-order chi connectivity index (χ0) is 21.9. The lowest BCUT2D eigenvalue weighted by atomic mass is 10.0. The van der Waals surface area contributed by atoms with Crippen LogP contribution in [-0.2, 0) is 9.53 Å². The number of halogens is 1. The summed E-state index contributed by atoms with van der Waals surface area (Å²) in [5, 5.41) is 7.36. The first-order valence-corrected chi connectivity index (χ1v) is 9.80. The third kappa shape index (κ3) is 8.87. The predicted molar refractivity (Wildman–Crippen MR) is 129 cm³/mol. The molecule has 0 saturated carbocycles. The Hall–Kier alpha value is -2.75. The second-order valence-corrected chi connectivity index (χ2v) is 6.72. The van der Waals surface area contributed by atoms with E-state index in [4.69, 9.17) is 20.6 Å². The second-order valence-electron chi connectivity index (χ2n) is 6.72. The van der Waals surface area contributed by atoms with Crippen LogP contribution in [0.3, 0.4) is 0 Å². The minimum absolute atomic E-state index is 0. The van der Waals surface area contributed by atoms with E-state index in [-0.39, 0.29) is 60.8 Å². The maximum Gasteiger partial charge on any atom is 0.344 e. The smallest absolute Gasteiger partial charge is 0.344 e. The van der Waals surface area contributed by atoms with E-state index in [2.05, 4.69) is 0 Å². The maximum atomic E-state index is 12.3. The molecule has 166 valence electrons. The third-order valence-electron chi connectivity index (χ3n) is 4.39. The van der Waals surface area contributed by atoms with Gasteiger partial charge in [-0.2, -0.15) is 0 Å². The number of esters is 1. The van der Waals surface area contributed by atoms with Gasteiger partial charge in [-0.25, -0.2) is 4.79 Å². The first kappa shape index (κ1) is 26.3. The molecule has 0 spiro atoms. The molecule has 2 aromatic rings. The van der Waals surface area contributed by atoms with Crippen LogP contribution in [0.1, 0.15) is 58.9 Å². The first-order valence-electron chi connectivity index (χ1n) is 9.80. The van der Waals surface area contributed by atoms with Gasteiger partial charge in [0.2, 0.25) is 0 Å². The van der Waals surface area contributed by atoms with E-state index in [1.807, 2.05) is 6.92 Å². The predicted octanol–water partition coefficient (Wildman–Crippen LogP) is 4.16. The Morgan fingerprint density at radius 1 is 0.871 bits per heavy atom. The third-order valence-corrected chi connectivity index (χ3v) is 4.39. The van der Waals surface area contributed by atoms with Crippen molar-refractivity contribution in [2.24, 2.45) is 5.73 Å². The minimum atomic E-state index is -0.432. The fraction of sp³-hybridized carbons (Fsp3) is 0.304. The second kappa shape index (κ2) is 13.5. The summed E-state index contributed by atoms with van der Waals surface area (Å²) >= 11 is 0. The average molecular weight is 538 g/mol. The molecule has 0 aliphatic carbocycles. The Kier molecular flexibility index (Phi) is 11.5. The number of amidine groups is 1. The molecule has 0 fully saturated rings. The van der Waals surface area contributed by atoms with E-state index in [1.54, 1.807) is 48.5 Å². The zero-order valence-electron chi connectivity index (χ0n) is 17.4. The molecule has 7 nitrogen and oxygen atoms in total. The van der Waals surface area contributed by atoms with Crippen molar-refractivity contribution in [3.63, 3.8) is 0 Å². The Bertz CT molecular complexity index is 895. The van der Waals surface area contributed by atoms with Gasteiger partial charge >= 0.3 is 5.97 Å². The van der Waals surface area contributed by atoms with Crippen LogP contribution < -0.4 is 10.5 Å². The van der Waals surface area contributed by atoms with Gasteiger partial charge in [0, 0.05) is 29.5 Å². The molecule has 2 rings (SSSR count). The number of hydrogen-bond acceptors (Lipinski definition) is 6. The molecule has 0 atom stereocenters. The Morgan fingerprint density at radius 3 is 1.84 bits per heavy atom. The highest BCUT2D eigenvalue weighted by Crippen LogP contribution is 2.15. The lowest BCUT2D eigenvalue weighted by molar-refractivity contribution is -0.146. The van der Waals surface area contributed by atoms with Crippen molar-refractivity contribution in [1.82, 2.24) is 0 Å². The summed E-state index contributed by atoms with van der Waals surface area (Å²) in [6.07, 6.45) is 1.92. The molecule has 0 amide bonds. The Balaban J connectivity index is 0.00000480. The molecule has 2 aromatic carbocycles. The van der Waals surface area contributed by atoms with E-state index < -0.39 is 5.97 Å². The van der Waals surface area contributed by atoms with Gasteiger partial charge < -0.3 is 15.2 Å². The molecule has 3 N–H and O–H groups in total. The molecule has 0 heterocycles. The van der Waals surface area contributed by atoms with Gasteiger partial charge in [-0.1, -0.05) is 37.6 Å². The number of unbranched alkanes of at least 4 members (excludes halogenated alkanes) is 1. The van der Waals surface area contributed by atoms with Gasteiger partial charge in [0.15, 0.2) is 18.2 Å². The van der Waals surface area contributed by atoms with Gasteiger partial charge in [0.1, 0.15) is 11.6 Å². The molecule has 0 bridgehead atoms. The summed E-state index contributed by atoms with van der Waals surface area (Å²) < 4.78 is 10.4. The van der Waals surface area contributed by atoms with Crippen molar-refractivity contribution < 1.29 is 23.9 Å². The fourth-order valence-electron chi connectivity index (χ4n) is 2.60. The van der Waals surface area contributed by atoms with Crippen molar-refractivity contribution in [2.75, 3.05) is 13.2 Å². The number of nitrogen functional groups attached to an aromatic ring is 1. The summed E-state index contributed by atoms with van der Waals surface area (Å²) in [7, 11) is 0. The number of ether oxygens (including phenoxy) is 2. The molecule has 0 aliphatic heterocycles. The molecule has 0 aromatic heterocycles. The van der Waals surface area contributed by atoms with Gasteiger partial charge in [-0.3, -0.25) is 15.0 Å². The van der Waals surface area contributed by atoms with Crippen LogP contribution in [0.15, 0.2) is 48.5 Å². The summed E-state index contributed by atoms with van der Waals surface area (Å²) in [6.45, 7) is 2.20. The van der Waals surface area contributed by atoms with Crippen LogP contribution in [0.4, 0.5) is 0 Å². The van der Waals surface area contributed by atoms with Crippen molar-refractivity contribution in [3.8, 4) is 5.75 Å². The van der Waals surface area contributed by atoms with E-state index >= 15 is 0 Å². The van der Waals surface area contributed by atoms with Gasteiger partial charge in [0.25, 0.3) is 0 Å². The van der Waals surface area contributed by atoms with Crippen LogP contribution >= 0.6 is 24.0 Å². The standard InChI is InChI=1S/C23H26N2O5.HI/c1-2-3-14-29-22(28)15-30-19-10-8-17(9-11-19)21(27)13-12-20(26)16-4-6-18(7-5-16)23(24)25;/h4-11H,2-3,12-15H2,1H3,(H3,24,25);1H. The fourth-order valence-corrected chi connectivity index (χ4v) is 2.60. The van der Waals surface area contributed by atoms with E-state index in [1.165, 1.54) is 0 Å². The zero-order valence-corrected chi connectivity index (χ0v) is 19.7. The van der Waals surface area contributed by atoms with Crippen LogP contribution in [-0.4, -0.2) is 36.6 Å². The lowest BCUT2D eigenvalue weighted by Crippen LogP contribution is -2.15. The van der Waals surface area contributed by atoms with Crippen molar-refractivity contribution >= 4 is 47.3 Å². The summed E-state index contributed by atoms with van der Waals surface area (Å²) in [6, 6.07) is 12.8. The largest absolute Gasteiger partial charge is 0.482 e. The number of rotatable bonds is 12. The number of benzene rings is 2. The van der Waals surface area contributed by atoms with Crippen LogP contribution in [0, 0.1) is 5.41 Å². The highest BCUT2D eigenvalue weighted by atomic mass is 127. The Labute approximate surface area is 198 Å². The summed E-state index contributed by atoms with van der Waals surface area (Å²) in [5.74, 6) is -0.349. The number of hydrogen-bond donors (Lipinski definition) is 2. The number of ketones is 2. The number of carbonyl (C=O) groups excluding carboxylic acids is 3. The Morgan fingerprint density at radius 2 is 1.35 bits per heavy atom. The number of nitrogens with two attached hydrogens (primary N) is 1. The molecule has 8 heteroatoms. The monoisotopic (exact) mass is 538 g/mol. The average Bonchev–Trinajstić information content (AvgIpc) is 2.76. The molecule has 31 heavy (non-hydrogen) atoms. The number of Topliss-reactive ketones (excluding diaryl/α,β-unsaturated/α-hetero) is 2. The van der Waals surface area contributed by atoms with Gasteiger partial charge in [-0.05, 0) is 30.7 Å². The molecular weight excluding hydrogens is 511 g/mol. The summed E-state index contributed by atoms with van der Waals surface area (Å²) in [5.41, 5.74) is 6.87. The number of nitrogens with one attached hydrogen (secondary N) is 1. The molecule has 0 aliphatic rings. The van der Waals surface area contributed by atoms with E-state index in [0.29, 0.717) is 29.0 Å². The van der Waals surface area contributed by atoms with Crippen LogP contribution in [0.2, 0.25) is 0 Å². The topological polar surface area (TPSA) is 120 Å². The number of carbonyl (C=O) groups is 3. The maximum absolute atomic E-state index is 12.3. The lowest BCUT2D eigenvalue weighted by Gasteiger charge is -2.07. The molecule has 0 saturated heterocycles. The van der Waals surface area contributed by atoms with Crippen molar-refractivity contribution in [3.05, 3.63) is 65.2 Å². The van der Waals surface area contributed by atoms with Crippen molar-refractivity contribution in [2.45, 2.75) is 32.6 Å². The van der Waals surface area contributed by atoms with Crippen molar-refractivity contribution in [1.29, 1.82) is 5.41 Å². The highest BCUT2D eigenvalue weighted by Gasteiger charge is 2.12. The molecular formula is C23H27IN2O5. The SMILES string of the molecule is CCCCOC(=O)COc1ccc(C(=O)CCC(=O)c2ccc(C(=N)N)cc2)cc1.I. The van der Waals surface area contributed by atoms with E-state index in [0.717, 1.165) is 12.8 Å². The summed E-state index contributed by atoms with van der Waals surface area (Å²) in [4.78, 5) is 36.1. The normalized spacial score (nSPS) is 9.97. The minimum Gasteiger partial charge on any atom is -0.482 e. The van der Waals surface area contributed by atoms with Crippen LogP contribution in [0.5, 0.6) is 5.75 Å². The van der Waals surface area contributed by atoms with Gasteiger partial charge in [-0.15, -0.1) is 24.0 Å². The van der Waals surface area contributed by atoms with Crippen LogP contribution in [0.25, 0.3) is 0 Å². The molecule has 0 radical (unpaired) electrons.